The molecule has 0 saturated heterocycles. The number of hydrogen-bond acceptors (Lipinski definition) is 8. The summed E-state index contributed by atoms with van der Waals surface area (Å²) in [5, 5.41) is 26.5. The van der Waals surface area contributed by atoms with Crippen molar-refractivity contribution >= 4 is 29.6 Å². The van der Waals surface area contributed by atoms with E-state index in [1.54, 1.807) is 13.8 Å². The summed E-state index contributed by atoms with van der Waals surface area (Å²) >= 11 is 0. The Morgan fingerprint density at radius 1 is 0.909 bits per heavy atom. The van der Waals surface area contributed by atoms with E-state index >= 15 is 0 Å². The Morgan fingerprint density at radius 2 is 1.45 bits per heavy atom. The number of carbonyl (C=O) groups is 5. The predicted molar refractivity (Wildman–Crippen MR) is 119 cm³/mol. The molecule has 11 N–H and O–H groups in total. The number of carboxylic acids is 1. The molecule has 0 aromatic rings. The van der Waals surface area contributed by atoms with Gasteiger partial charge < -0.3 is 43.4 Å². The summed E-state index contributed by atoms with van der Waals surface area (Å²) in [7, 11) is 0. The molecule has 0 aliphatic heterocycles. The summed E-state index contributed by atoms with van der Waals surface area (Å²) in [5.74, 6) is -4.89. The van der Waals surface area contributed by atoms with Crippen molar-refractivity contribution in [2.24, 2.45) is 23.1 Å². The third-order valence-electron chi connectivity index (χ3n) is 5.18. The van der Waals surface area contributed by atoms with Crippen LogP contribution in [0.25, 0.3) is 0 Å². The number of carboxylic acid groups (broad SMARTS) is 1. The van der Waals surface area contributed by atoms with Crippen LogP contribution in [-0.4, -0.2) is 76.6 Å². The highest BCUT2D eigenvalue weighted by molar-refractivity contribution is 5.95. The van der Waals surface area contributed by atoms with Gasteiger partial charge in [0.2, 0.25) is 23.6 Å². The molecule has 0 fully saturated rings. The van der Waals surface area contributed by atoms with E-state index in [1.165, 1.54) is 6.92 Å². The number of nitrogens with two attached hydrogens (primary N) is 3. The van der Waals surface area contributed by atoms with Crippen LogP contribution in [0.3, 0.4) is 0 Å². The normalized spacial score (nSPS) is 16.4. The van der Waals surface area contributed by atoms with Crippen molar-refractivity contribution in [1.29, 1.82) is 0 Å². The zero-order valence-corrected chi connectivity index (χ0v) is 19.4. The monoisotopic (exact) mass is 474 g/mol. The number of rotatable bonds is 16. The van der Waals surface area contributed by atoms with Crippen LogP contribution in [0, 0.1) is 5.92 Å². The molecule has 0 aliphatic carbocycles. The van der Waals surface area contributed by atoms with Gasteiger partial charge in [-0.2, -0.15) is 0 Å². The Labute approximate surface area is 193 Å². The van der Waals surface area contributed by atoms with Gasteiger partial charge in [0.1, 0.15) is 18.1 Å². The second-order valence-electron chi connectivity index (χ2n) is 8.06. The lowest BCUT2D eigenvalue weighted by atomic mass is 9.96. The van der Waals surface area contributed by atoms with E-state index < -0.39 is 72.2 Å². The van der Waals surface area contributed by atoms with Crippen molar-refractivity contribution in [1.82, 2.24) is 16.0 Å². The van der Waals surface area contributed by atoms with E-state index in [0.29, 0.717) is 25.8 Å². The van der Waals surface area contributed by atoms with Crippen LogP contribution in [-0.2, 0) is 24.0 Å². The van der Waals surface area contributed by atoms with Gasteiger partial charge in [-0.1, -0.05) is 20.3 Å². The molecule has 0 aromatic carbocycles. The number of aliphatic hydroxyl groups is 1. The summed E-state index contributed by atoms with van der Waals surface area (Å²) in [6.07, 6.45) is -0.0895. The number of nitrogens with one attached hydrogen (secondary N) is 3. The van der Waals surface area contributed by atoms with Gasteiger partial charge >= 0.3 is 5.97 Å². The predicted octanol–water partition coefficient (Wildman–Crippen LogP) is -2.72. The first-order valence-corrected chi connectivity index (χ1v) is 10.9. The van der Waals surface area contributed by atoms with Crippen molar-refractivity contribution in [2.75, 3.05) is 6.54 Å². The maximum atomic E-state index is 12.8. The topological polar surface area (TPSA) is 240 Å². The molecule has 0 bridgehead atoms. The van der Waals surface area contributed by atoms with E-state index in [9.17, 15) is 34.2 Å². The Bertz CT molecular complexity index is 688. The van der Waals surface area contributed by atoms with E-state index in [-0.39, 0.29) is 6.42 Å². The van der Waals surface area contributed by atoms with Gasteiger partial charge in [-0.05, 0) is 38.6 Å². The van der Waals surface area contributed by atoms with Crippen LogP contribution in [0.15, 0.2) is 0 Å². The molecule has 6 atom stereocenters. The smallest absolute Gasteiger partial charge is 0.326 e. The second-order valence-corrected chi connectivity index (χ2v) is 8.06. The molecule has 6 unspecified atom stereocenters. The summed E-state index contributed by atoms with van der Waals surface area (Å²) in [5.41, 5.74) is 16.0. The summed E-state index contributed by atoms with van der Waals surface area (Å²) in [6.45, 7) is 5.11. The molecule has 190 valence electrons. The Balaban J connectivity index is 5.44. The first-order chi connectivity index (χ1) is 15.3. The number of carbonyl (C=O) groups excluding carboxylic acids is 4. The lowest BCUT2D eigenvalue weighted by Gasteiger charge is -2.29. The Hall–Kier alpha value is -2.77. The largest absolute Gasteiger partial charge is 0.480 e. The number of unbranched alkanes of at least 4 members (excludes halogenated alkanes) is 1. The maximum Gasteiger partial charge on any atom is 0.326 e. The van der Waals surface area contributed by atoms with E-state index in [0.717, 1.165) is 0 Å². The van der Waals surface area contributed by atoms with Gasteiger partial charge in [0.25, 0.3) is 0 Å². The molecule has 33 heavy (non-hydrogen) atoms. The number of hydrogen-bond donors (Lipinski definition) is 8. The molecular formula is C20H38N6O7. The average molecular weight is 475 g/mol. The minimum Gasteiger partial charge on any atom is -0.480 e. The number of aliphatic hydroxyl groups excluding tert-OH is 1. The number of amides is 4. The number of primary amides is 1. The average Bonchev–Trinajstić information content (AvgIpc) is 2.73. The van der Waals surface area contributed by atoms with Gasteiger partial charge in [0.15, 0.2) is 0 Å². The molecule has 13 nitrogen and oxygen atoms in total. The molecule has 0 aliphatic rings. The lowest BCUT2D eigenvalue weighted by molar-refractivity contribution is -0.143. The number of aliphatic carboxylic acids is 1. The van der Waals surface area contributed by atoms with Gasteiger partial charge in [-0.15, -0.1) is 0 Å². The lowest BCUT2D eigenvalue weighted by Crippen LogP contribution is -2.61. The zero-order chi connectivity index (χ0) is 25.7. The molecule has 0 spiro atoms. The summed E-state index contributed by atoms with van der Waals surface area (Å²) < 4.78 is 0. The molecule has 0 rings (SSSR count). The highest BCUT2D eigenvalue weighted by Gasteiger charge is 2.34. The van der Waals surface area contributed by atoms with Crippen molar-refractivity contribution in [3.63, 3.8) is 0 Å². The quantitative estimate of drug-likeness (QED) is 0.108. The first kappa shape index (κ1) is 30.2. The van der Waals surface area contributed by atoms with Crippen molar-refractivity contribution in [2.45, 2.75) is 83.1 Å². The molecule has 0 aromatic heterocycles. The van der Waals surface area contributed by atoms with Crippen LogP contribution >= 0.6 is 0 Å². The molecule has 0 radical (unpaired) electrons. The third kappa shape index (κ3) is 11.1. The van der Waals surface area contributed by atoms with Crippen molar-refractivity contribution in [3.8, 4) is 0 Å². The minimum atomic E-state index is -1.48. The van der Waals surface area contributed by atoms with Gasteiger partial charge in [-0.25, -0.2) is 4.79 Å². The van der Waals surface area contributed by atoms with Crippen LogP contribution in [0.5, 0.6) is 0 Å². The summed E-state index contributed by atoms with van der Waals surface area (Å²) in [6, 6.07) is -5.09. The Morgan fingerprint density at radius 3 is 1.91 bits per heavy atom. The van der Waals surface area contributed by atoms with Crippen molar-refractivity contribution < 1.29 is 34.2 Å². The van der Waals surface area contributed by atoms with E-state index in [1.807, 2.05) is 0 Å². The third-order valence-corrected chi connectivity index (χ3v) is 5.18. The van der Waals surface area contributed by atoms with Gasteiger partial charge in [0, 0.05) is 0 Å². The van der Waals surface area contributed by atoms with Crippen LogP contribution in [0.2, 0.25) is 0 Å². The fourth-order valence-corrected chi connectivity index (χ4v) is 2.93. The second kappa shape index (κ2) is 15.1. The molecule has 4 amide bonds. The maximum absolute atomic E-state index is 12.8. The summed E-state index contributed by atoms with van der Waals surface area (Å²) in [4.78, 5) is 60.3. The first-order valence-electron chi connectivity index (χ1n) is 10.9. The van der Waals surface area contributed by atoms with E-state index in [2.05, 4.69) is 16.0 Å². The van der Waals surface area contributed by atoms with Crippen LogP contribution in [0.1, 0.15) is 52.9 Å². The van der Waals surface area contributed by atoms with Crippen molar-refractivity contribution in [3.05, 3.63) is 0 Å². The fourth-order valence-electron chi connectivity index (χ4n) is 2.93. The molecular weight excluding hydrogens is 436 g/mol. The van der Waals surface area contributed by atoms with Crippen LogP contribution < -0.4 is 33.2 Å². The molecule has 13 heteroatoms. The zero-order valence-electron chi connectivity index (χ0n) is 19.4. The molecule has 0 heterocycles. The Kier molecular flexibility index (Phi) is 13.9. The SMILES string of the molecule is CCC(C)C(NC(=O)C(NC(=O)C(N)CC(N)=O)C(C)O)C(=O)NC(CCCCN)C(=O)O. The van der Waals surface area contributed by atoms with Gasteiger partial charge in [0.05, 0.1) is 18.6 Å². The highest BCUT2D eigenvalue weighted by Crippen LogP contribution is 2.11. The molecule has 0 saturated carbocycles. The highest BCUT2D eigenvalue weighted by atomic mass is 16.4. The van der Waals surface area contributed by atoms with Gasteiger partial charge in [-0.3, -0.25) is 19.2 Å². The van der Waals surface area contributed by atoms with E-state index in [4.69, 9.17) is 17.2 Å². The fraction of sp³-hybridized carbons (Fsp3) is 0.750. The standard InChI is InChI=1S/C20H38N6O7/c1-4-10(2)15(18(30)24-13(20(32)33)7-5-6-8-21)25-19(31)16(11(3)27)26-17(29)12(22)9-14(23)28/h10-13,15-16,27H,4-9,21-22H2,1-3H3,(H2,23,28)(H,24,30)(H,25,31)(H,26,29)(H,32,33). The van der Waals surface area contributed by atoms with Crippen LogP contribution in [0.4, 0.5) is 0 Å². The minimum absolute atomic E-state index is 0.170.